The van der Waals surface area contributed by atoms with Crippen molar-refractivity contribution in [2.75, 3.05) is 6.54 Å². The van der Waals surface area contributed by atoms with Gasteiger partial charge in [0.1, 0.15) is 0 Å². The largest absolute Gasteiger partial charge is 0.467 e. The van der Waals surface area contributed by atoms with Crippen molar-refractivity contribution in [1.29, 1.82) is 0 Å². The molecular weight excluding hydrogens is 226 g/mol. The highest BCUT2D eigenvalue weighted by atomic mass is 32.2. The number of hydrogen-bond acceptors (Lipinski definition) is 3. The Balaban J connectivity index is 2.99. The van der Waals surface area contributed by atoms with Crippen LogP contribution in [0.15, 0.2) is 30.3 Å². The molecule has 0 fully saturated rings. The molecule has 5 heteroatoms. The van der Waals surface area contributed by atoms with Gasteiger partial charge < -0.3 is 0 Å². The summed E-state index contributed by atoms with van der Waals surface area (Å²) in [6.45, 7) is 2.18. The molecule has 1 aromatic carbocycles. The van der Waals surface area contributed by atoms with Crippen LogP contribution in [-0.2, 0) is 10.5 Å². The zero-order valence-corrected chi connectivity index (χ0v) is 9.90. The van der Waals surface area contributed by atoms with E-state index >= 15 is 0 Å². The maximum Gasteiger partial charge on any atom is 0.467 e. The van der Waals surface area contributed by atoms with Crippen LogP contribution < -0.4 is 0 Å². The zero-order chi connectivity index (χ0) is 12.0. The fraction of sp³-hybridized carbons (Fsp3) is 0.364. The van der Waals surface area contributed by atoms with Gasteiger partial charge in [-0.3, -0.25) is 0 Å². The molecule has 1 rings (SSSR count). The Morgan fingerprint density at radius 1 is 1.25 bits per heavy atom. The monoisotopic (exact) mass is 240 g/mol. The summed E-state index contributed by atoms with van der Waals surface area (Å²) in [4.78, 5) is 11.8. The van der Waals surface area contributed by atoms with Gasteiger partial charge >= 0.3 is 16.4 Å². The van der Waals surface area contributed by atoms with Gasteiger partial charge in [-0.05, 0) is 16.1 Å². The molecule has 0 spiro atoms. The maximum absolute atomic E-state index is 11.8. The minimum absolute atomic E-state index is 0.236. The molecule has 16 heavy (non-hydrogen) atoms. The van der Waals surface area contributed by atoms with Gasteiger partial charge in [0.2, 0.25) is 0 Å². The van der Waals surface area contributed by atoms with Crippen molar-refractivity contribution in [2.45, 2.75) is 19.8 Å². The lowest BCUT2D eigenvalue weighted by Crippen LogP contribution is -2.21. The molecule has 0 aliphatic carbocycles. The average Bonchev–Trinajstić information content (AvgIpc) is 2.30. The molecular formula is C11H14NO3S+. The third kappa shape index (κ3) is 3.27. The lowest BCUT2D eigenvalue weighted by molar-refractivity contribution is -0.404. The van der Waals surface area contributed by atoms with E-state index in [-0.39, 0.29) is 6.54 Å². The first-order chi connectivity index (χ1) is 7.66. The fourth-order valence-electron chi connectivity index (χ4n) is 1.27. The number of carbonyl (C=O) groups is 1. The Morgan fingerprint density at radius 2 is 1.88 bits per heavy atom. The molecule has 0 N–H and O–H groups in total. The topological polar surface area (TPSA) is 54.2 Å². The third-order valence-electron chi connectivity index (χ3n) is 2.14. The zero-order valence-electron chi connectivity index (χ0n) is 9.09. The van der Waals surface area contributed by atoms with E-state index in [4.69, 9.17) is 0 Å². The molecule has 0 saturated heterocycles. The second kappa shape index (κ2) is 6.17. The lowest BCUT2D eigenvalue weighted by Gasteiger charge is -1.95. The van der Waals surface area contributed by atoms with Crippen molar-refractivity contribution in [1.82, 2.24) is 0 Å². The number of nitrogens with zero attached hydrogens (tertiary/aromatic N) is 1. The van der Waals surface area contributed by atoms with Crippen LogP contribution in [-0.4, -0.2) is 24.8 Å². The van der Waals surface area contributed by atoms with E-state index in [0.29, 0.717) is 12.0 Å². The molecule has 0 aliphatic rings. The van der Waals surface area contributed by atoms with Gasteiger partial charge in [0.05, 0.1) is 5.56 Å². The molecule has 86 valence electrons. The van der Waals surface area contributed by atoms with Crippen molar-refractivity contribution in [3.8, 4) is 0 Å². The Bertz CT molecular complexity index is 483. The highest BCUT2D eigenvalue weighted by Crippen LogP contribution is 2.02. The smallest absolute Gasteiger partial charge is 0.213 e. The van der Waals surface area contributed by atoms with Gasteiger partial charge in [-0.25, -0.2) is 4.79 Å². The highest BCUT2D eigenvalue weighted by Gasteiger charge is 2.22. The van der Waals surface area contributed by atoms with Crippen LogP contribution in [0.25, 0.3) is 0 Å². The van der Waals surface area contributed by atoms with E-state index in [9.17, 15) is 13.2 Å². The molecule has 0 heterocycles. The quantitative estimate of drug-likeness (QED) is 0.753. The number of rotatable bonds is 4. The number of benzene rings is 1. The van der Waals surface area contributed by atoms with Crippen molar-refractivity contribution in [3.63, 3.8) is 0 Å². The van der Waals surface area contributed by atoms with E-state index in [2.05, 4.69) is 0 Å². The summed E-state index contributed by atoms with van der Waals surface area (Å²) < 4.78 is 22.7. The van der Waals surface area contributed by atoms with Crippen LogP contribution in [0, 0.1) is 0 Å². The van der Waals surface area contributed by atoms with Crippen LogP contribution in [0.3, 0.4) is 0 Å². The molecule has 0 radical (unpaired) electrons. The van der Waals surface area contributed by atoms with Crippen LogP contribution >= 0.6 is 0 Å². The Hall–Kier alpha value is -1.49. The van der Waals surface area contributed by atoms with Crippen LogP contribution in [0.5, 0.6) is 0 Å². The SMILES string of the molecule is CCCC[N+](C(=O)c1ccccc1)=S(=O)=O. The van der Waals surface area contributed by atoms with Crippen LogP contribution in [0.2, 0.25) is 0 Å². The third-order valence-corrected chi connectivity index (χ3v) is 2.85. The number of hydrogen-bond donors (Lipinski definition) is 0. The molecule has 0 bridgehead atoms. The van der Waals surface area contributed by atoms with Gasteiger partial charge in [0, 0.05) is 6.42 Å². The van der Waals surface area contributed by atoms with E-state index in [1.165, 1.54) is 0 Å². The Kier molecular flexibility index (Phi) is 4.85. The van der Waals surface area contributed by atoms with E-state index in [1.807, 2.05) is 6.92 Å². The second-order valence-electron chi connectivity index (χ2n) is 3.34. The summed E-state index contributed by atoms with van der Waals surface area (Å²) in [6, 6.07) is 8.40. The molecule has 4 nitrogen and oxygen atoms in total. The first-order valence-corrected chi connectivity index (χ1v) is 6.16. The predicted molar refractivity (Wildman–Crippen MR) is 59.7 cm³/mol. The van der Waals surface area contributed by atoms with Gasteiger partial charge in [-0.2, -0.15) is 0 Å². The number of unbranched alkanes of at least 4 members (excludes halogenated alkanes) is 1. The maximum atomic E-state index is 11.8. The second-order valence-corrected chi connectivity index (χ2v) is 4.22. The van der Waals surface area contributed by atoms with Crippen molar-refractivity contribution < 1.29 is 17.2 Å². The number of carbonyl (C=O) groups excluding carboxylic acids is 1. The van der Waals surface area contributed by atoms with Crippen LogP contribution in [0.4, 0.5) is 0 Å². The lowest BCUT2D eigenvalue weighted by atomic mass is 10.2. The van der Waals surface area contributed by atoms with E-state index in [0.717, 1.165) is 10.4 Å². The minimum Gasteiger partial charge on any atom is -0.213 e. The van der Waals surface area contributed by atoms with Crippen molar-refractivity contribution in [2.24, 2.45) is 0 Å². The molecule has 1 amide bonds. The summed E-state index contributed by atoms with van der Waals surface area (Å²) in [5, 5.41) is 0. The Morgan fingerprint density at radius 3 is 2.38 bits per heavy atom. The summed E-state index contributed by atoms with van der Waals surface area (Å²) in [5.41, 5.74) is 0.391. The Labute approximate surface area is 96.2 Å². The highest BCUT2D eigenvalue weighted by molar-refractivity contribution is 7.59. The molecule has 0 aliphatic heterocycles. The van der Waals surface area contributed by atoms with Crippen molar-refractivity contribution in [3.05, 3.63) is 35.9 Å². The molecule has 0 saturated carbocycles. The molecule has 1 aromatic rings. The van der Waals surface area contributed by atoms with Gasteiger partial charge in [0.15, 0.2) is 6.54 Å². The normalized spacial score (nSPS) is 9.81. The molecule has 0 aromatic heterocycles. The van der Waals surface area contributed by atoms with Gasteiger partial charge in [-0.15, -0.1) is 8.42 Å². The first kappa shape index (κ1) is 12.6. The predicted octanol–water partition coefficient (Wildman–Crippen LogP) is 1.70. The van der Waals surface area contributed by atoms with Crippen molar-refractivity contribution >= 4 is 16.4 Å². The molecule has 0 unspecified atom stereocenters. The first-order valence-electron chi connectivity index (χ1n) is 5.13. The minimum atomic E-state index is -2.50. The summed E-state index contributed by atoms with van der Waals surface area (Å²) in [6.07, 6.45) is 1.52. The fourth-order valence-corrected chi connectivity index (χ4v) is 1.79. The summed E-state index contributed by atoms with van der Waals surface area (Å²) in [5.74, 6) is -0.470. The van der Waals surface area contributed by atoms with Gasteiger partial charge in [-0.1, -0.05) is 31.5 Å². The van der Waals surface area contributed by atoms with E-state index in [1.54, 1.807) is 30.3 Å². The standard InChI is InChI=1S/C11H14NO3S/c1-2-3-9-12(16(14)15)11(13)10-7-5-4-6-8-10/h4-8H,2-3,9H2,1H3/q+1. The van der Waals surface area contributed by atoms with Crippen LogP contribution in [0.1, 0.15) is 30.1 Å². The summed E-state index contributed by atoms with van der Waals surface area (Å²) in [7, 11) is -2.50. The van der Waals surface area contributed by atoms with Gasteiger partial charge in [0.25, 0.3) is 0 Å². The summed E-state index contributed by atoms with van der Waals surface area (Å²) >= 11 is 0. The number of amides is 1. The average molecular weight is 240 g/mol. The molecule has 0 atom stereocenters. The van der Waals surface area contributed by atoms with E-state index < -0.39 is 16.4 Å².